The summed E-state index contributed by atoms with van der Waals surface area (Å²) in [6.45, 7) is 11.5. The normalized spacial score (nSPS) is 45.5. The number of ether oxygens (including phenoxy) is 1. The van der Waals surface area contributed by atoms with Gasteiger partial charge in [0.25, 0.3) is 0 Å². The summed E-state index contributed by atoms with van der Waals surface area (Å²) in [5.74, 6) is 5.03. The Bertz CT molecular complexity index is 843. The predicted molar refractivity (Wildman–Crippen MR) is 127 cm³/mol. The minimum absolute atomic E-state index is 0.0797. The Morgan fingerprint density at radius 2 is 1.88 bits per heavy atom. The average Bonchev–Trinajstić information content (AvgIpc) is 3.40. The maximum Gasteiger partial charge on any atom is 0.302 e. The molecule has 6 heteroatoms. The van der Waals surface area contributed by atoms with Crippen LogP contribution in [0.15, 0.2) is 0 Å². The Morgan fingerprint density at radius 1 is 1.09 bits per heavy atom. The molecule has 0 aliphatic heterocycles. The molecule has 33 heavy (non-hydrogen) atoms. The molecular formula is C27H44N4O2. The Morgan fingerprint density at radius 3 is 2.58 bits per heavy atom. The van der Waals surface area contributed by atoms with E-state index < -0.39 is 0 Å². The zero-order valence-corrected chi connectivity index (χ0v) is 21.3. The van der Waals surface area contributed by atoms with E-state index in [0.717, 1.165) is 18.7 Å². The molecule has 0 unspecified atom stereocenters. The van der Waals surface area contributed by atoms with Crippen LogP contribution in [0.3, 0.4) is 0 Å². The van der Waals surface area contributed by atoms with E-state index in [-0.39, 0.29) is 12.1 Å². The van der Waals surface area contributed by atoms with E-state index in [1.807, 2.05) is 0 Å². The second kappa shape index (κ2) is 8.64. The van der Waals surface area contributed by atoms with Crippen LogP contribution in [0, 0.1) is 52.3 Å². The van der Waals surface area contributed by atoms with Crippen molar-refractivity contribution < 1.29 is 9.53 Å². The summed E-state index contributed by atoms with van der Waals surface area (Å²) in [5.41, 5.74) is 0.717. The van der Waals surface area contributed by atoms with Gasteiger partial charge in [-0.25, -0.2) is 0 Å². The van der Waals surface area contributed by atoms with Crippen molar-refractivity contribution >= 4 is 5.97 Å². The van der Waals surface area contributed by atoms with Crippen LogP contribution in [0.2, 0.25) is 0 Å². The van der Waals surface area contributed by atoms with Crippen LogP contribution in [0.25, 0.3) is 0 Å². The number of hydrogen-bond donors (Lipinski definition) is 1. The van der Waals surface area contributed by atoms with Gasteiger partial charge in [-0.05, 0) is 91.3 Å². The molecule has 1 N–H and O–H groups in total. The first-order valence-electron chi connectivity index (χ1n) is 13.7. The lowest BCUT2D eigenvalue weighted by atomic mass is 9.41. The molecule has 0 spiro atoms. The Hall–Kier alpha value is -1.46. The second-order valence-electron chi connectivity index (χ2n) is 12.5. The fourth-order valence-corrected chi connectivity index (χ4v) is 10.0. The van der Waals surface area contributed by atoms with Gasteiger partial charge in [-0.3, -0.25) is 4.79 Å². The summed E-state index contributed by atoms with van der Waals surface area (Å²) in [6, 6.07) is 0. The molecule has 1 aromatic rings. The molecule has 10 atom stereocenters. The van der Waals surface area contributed by atoms with E-state index in [2.05, 4.69) is 48.3 Å². The first-order chi connectivity index (χ1) is 15.8. The quantitative estimate of drug-likeness (QED) is 0.583. The largest absolute Gasteiger partial charge is 0.462 e. The molecule has 4 aliphatic rings. The first kappa shape index (κ1) is 23.3. The van der Waals surface area contributed by atoms with Gasteiger partial charge in [-0.15, -0.1) is 10.2 Å². The topological polar surface area (TPSA) is 80.8 Å². The van der Waals surface area contributed by atoms with E-state index in [9.17, 15) is 4.79 Å². The van der Waals surface area contributed by atoms with E-state index in [1.54, 1.807) is 6.92 Å². The first-order valence-corrected chi connectivity index (χ1v) is 13.7. The fraction of sp³-hybridized carbons (Fsp3) is 0.926. The molecule has 184 valence electrons. The zero-order chi connectivity index (χ0) is 23.4. The van der Waals surface area contributed by atoms with Gasteiger partial charge < -0.3 is 4.74 Å². The summed E-state index contributed by atoms with van der Waals surface area (Å²) >= 11 is 0. The monoisotopic (exact) mass is 456 g/mol. The Kier molecular flexibility index (Phi) is 6.10. The molecule has 5 rings (SSSR count). The highest BCUT2D eigenvalue weighted by Gasteiger charge is 2.65. The molecule has 0 saturated heterocycles. The van der Waals surface area contributed by atoms with Crippen molar-refractivity contribution in [3.63, 3.8) is 0 Å². The van der Waals surface area contributed by atoms with Crippen molar-refractivity contribution in [3.8, 4) is 0 Å². The van der Waals surface area contributed by atoms with E-state index >= 15 is 0 Å². The number of nitrogens with zero attached hydrogens (tertiary/aromatic N) is 3. The third-order valence-corrected chi connectivity index (χ3v) is 11.3. The molecule has 1 aromatic heterocycles. The fourth-order valence-electron chi connectivity index (χ4n) is 10.0. The third kappa shape index (κ3) is 3.65. The van der Waals surface area contributed by atoms with Crippen LogP contribution in [-0.2, 0) is 16.0 Å². The molecule has 0 aromatic carbocycles. The lowest BCUT2D eigenvalue weighted by Gasteiger charge is -2.64. The molecule has 6 nitrogen and oxygen atoms in total. The molecule has 4 aliphatic carbocycles. The summed E-state index contributed by atoms with van der Waals surface area (Å²) < 4.78 is 6.32. The summed E-state index contributed by atoms with van der Waals surface area (Å²) in [4.78, 5) is 12.4. The Balaban J connectivity index is 1.48. The van der Waals surface area contributed by atoms with Crippen molar-refractivity contribution in [1.29, 1.82) is 0 Å². The summed E-state index contributed by atoms with van der Waals surface area (Å²) in [6.07, 6.45) is 12.7. The smallest absolute Gasteiger partial charge is 0.302 e. The van der Waals surface area contributed by atoms with Crippen LogP contribution >= 0.6 is 0 Å². The average molecular weight is 457 g/mol. The minimum atomic E-state index is -0.0797. The second-order valence-corrected chi connectivity index (χ2v) is 12.5. The number of carbonyl (C=O) groups excluding carboxylic acids is 1. The van der Waals surface area contributed by atoms with Crippen molar-refractivity contribution in [2.24, 2.45) is 52.3 Å². The maximum atomic E-state index is 12.4. The van der Waals surface area contributed by atoms with E-state index in [4.69, 9.17) is 4.74 Å². The molecule has 4 saturated carbocycles. The van der Waals surface area contributed by atoms with E-state index in [1.165, 1.54) is 51.4 Å². The van der Waals surface area contributed by atoms with Crippen LogP contribution in [0.4, 0.5) is 0 Å². The predicted octanol–water partition coefficient (Wildman–Crippen LogP) is 5.61. The number of carbonyl (C=O) groups is 1. The standard InChI is InChI=1S/C27H44N4O2/c1-6-18-20-9-7-8-13-26(20,4)22-12-14-27(5)19(16(2)15-23-28-30-31-29-23)10-11-21(27)24(22)25(18)33-17(3)32/h16,18-22,24-25H,6-15H2,1-5H3,(H,28,29,30,31)/t16-,18-,19-,20+,21+,22+,24+,25-,26+,27-/m1/s1. The number of rotatable bonds is 5. The molecule has 0 bridgehead atoms. The number of H-pyrrole nitrogens is 1. The summed E-state index contributed by atoms with van der Waals surface area (Å²) in [5, 5.41) is 14.9. The van der Waals surface area contributed by atoms with Gasteiger partial charge in [0.05, 0.1) is 0 Å². The lowest BCUT2D eigenvalue weighted by Crippen LogP contribution is -2.62. The minimum Gasteiger partial charge on any atom is -0.462 e. The molecule has 0 radical (unpaired) electrons. The number of aromatic amines is 1. The van der Waals surface area contributed by atoms with Gasteiger partial charge >= 0.3 is 5.97 Å². The number of esters is 1. The SMILES string of the molecule is CC[C@H]1[C@@H](OC(C)=O)[C@@H]2[C@H](CC[C@]3(C)[C@@H]([C@H](C)Cc4nn[nH]n4)CC[C@@H]23)[C@@]2(C)CCCC[C@@H]12. The molecule has 0 amide bonds. The number of tetrazole rings is 1. The van der Waals surface area contributed by atoms with Crippen LogP contribution < -0.4 is 0 Å². The number of aromatic nitrogens is 4. The summed E-state index contributed by atoms with van der Waals surface area (Å²) in [7, 11) is 0. The van der Waals surface area contributed by atoms with E-state index in [0.29, 0.717) is 52.3 Å². The van der Waals surface area contributed by atoms with Gasteiger partial charge in [0, 0.05) is 19.3 Å². The molecular weight excluding hydrogens is 412 g/mol. The van der Waals surface area contributed by atoms with Crippen molar-refractivity contribution in [1.82, 2.24) is 20.6 Å². The van der Waals surface area contributed by atoms with Gasteiger partial charge in [0.15, 0.2) is 5.82 Å². The molecule has 1 heterocycles. The number of nitrogens with one attached hydrogen (secondary N) is 1. The van der Waals surface area contributed by atoms with Crippen molar-refractivity contribution in [2.75, 3.05) is 0 Å². The zero-order valence-electron chi connectivity index (χ0n) is 21.3. The number of fused-ring (bicyclic) bond motifs is 5. The van der Waals surface area contributed by atoms with Gasteiger partial charge in [0.2, 0.25) is 0 Å². The van der Waals surface area contributed by atoms with Gasteiger partial charge in [-0.1, -0.05) is 45.7 Å². The third-order valence-electron chi connectivity index (χ3n) is 11.3. The highest BCUT2D eigenvalue weighted by atomic mass is 16.5. The van der Waals surface area contributed by atoms with Crippen LogP contribution in [0.5, 0.6) is 0 Å². The number of hydrogen-bond acceptors (Lipinski definition) is 5. The van der Waals surface area contributed by atoms with Gasteiger partial charge in [-0.2, -0.15) is 5.21 Å². The van der Waals surface area contributed by atoms with Crippen LogP contribution in [0.1, 0.15) is 98.2 Å². The maximum absolute atomic E-state index is 12.4. The van der Waals surface area contributed by atoms with Gasteiger partial charge in [0.1, 0.15) is 6.10 Å². The van der Waals surface area contributed by atoms with Crippen molar-refractivity contribution in [2.45, 2.75) is 105 Å². The lowest BCUT2D eigenvalue weighted by molar-refractivity contribution is -0.211. The Labute approximate surface area is 199 Å². The highest BCUT2D eigenvalue weighted by molar-refractivity contribution is 5.66. The highest BCUT2D eigenvalue weighted by Crippen LogP contribution is 2.69. The molecule has 4 fully saturated rings. The van der Waals surface area contributed by atoms with Crippen LogP contribution in [-0.4, -0.2) is 32.7 Å². The van der Waals surface area contributed by atoms with Crippen molar-refractivity contribution in [3.05, 3.63) is 5.82 Å².